The highest BCUT2D eigenvalue weighted by molar-refractivity contribution is 5.90. The molecule has 0 unspecified atom stereocenters. The topological polar surface area (TPSA) is 100 Å². The van der Waals surface area contributed by atoms with E-state index in [1.807, 2.05) is 18.5 Å². The van der Waals surface area contributed by atoms with Crippen molar-refractivity contribution in [1.29, 1.82) is 5.26 Å². The maximum Gasteiger partial charge on any atom is 0.141 e. The Morgan fingerprint density at radius 2 is 2.27 bits per heavy atom. The zero-order chi connectivity index (χ0) is 15.2. The van der Waals surface area contributed by atoms with Gasteiger partial charge in [-0.05, 0) is 6.07 Å². The quantitative estimate of drug-likeness (QED) is 0.793. The highest BCUT2D eigenvalue weighted by Gasteiger charge is 2.45. The Hall–Kier alpha value is -3.01. The molecule has 1 aliphatic carbocycles. The summed E-state index contributed by atoms with van der Waals surface area (Å²) in [6, 6.07) is 4.08. The number of carbonyl (C=O) groups is 1. The van der Waals surface area contributed by atoms with Crippen LogP contribution in [-0.4, -0.2) is 30.5 Å². The summed E-state index contributed by atoms with van der Waals surface area (Å²) < 4.78 is 1.74. The fraction of sp³-hybridized carbons (Fsp3) is 0.267. The van der Waals surface area contributed by atoms with E-state index in [0.29, 0.717) is 12.8 Å². The minimum atomic E-state index is -0.492. The van der Waals surface area contributed by atoms with Gasteiger partial charge in [-0.2, -0.15) is 10.4 Å². The molecule has 108 valence electrons. The van der Waals surface area contributed by atoms with Crippen LogP contribution in [0.15, 0.2) is 31.0 Å². The van der Waals surface area contributed by atoms with E-state index < -0.39 is 5.54 Å². The summed E-state index contributed by atoms with van der Waals surface area (Å²) in [6.45, 7) is 0. The molecule has 0 atom stereocenters. The van der Waals surface area contributed by atoms with Crippen molar-refractivity contribution in [3.05, 3.63) is 31.0 Å². The molecule has 4 rings (SSSR count). The van der Waals surface area contributed by atoms with E-state index in [9.17, 15) is 4.79 Å². The molecule has 3 aromatic heterocycles. The van der Waals surface area contributed by atoms with Gasteiger partial charge in [0.05, 0.1) is 29.9 Å². The first-order valence-corrected chi connectivity index (χ1v) is 6.94. The van der Waals surface area contributed by atoms with Crippen molar-refractivity contribution >= 4 is 16.8 Å². The van der Waals surface area contributed by atoms with E-state index in [4.69, 9.17) is 5.26 Å². The van der Waals surface area contributed by atoms with Crippen molar-refractivity contribution in [2.75, 3.05) is 0 Å². The van der Waals surface area contributed by atoms with Crippen molar-refractivity contribution in [1.82, 2.24) is 24.7 Å². The number of hydrogen-bond donors (Lipinski definition) is 1. The number of nitriles is 1. The van der Waals surface area contributed by atoms with E-state index in [0.717, 1.165) is 22.3 Å². The number of fused-ring (bicyclic) bond motifs is 1. The normalized spacial score (nSPS) is 16.4. The summed E-state index contributed by atoms with van der Waals surface area (Å²) in [5.41, 5.74) is 1.91. The number of nitrogens with zero attached hydrogens (tertiary/aromatic N) is 5. The van der Waals surface area contributed by atoms with Gasteiger partial charge in [0.1, 0.15) is 17.8 Å². The van der Waals surface area contributed by atoms with E-state index in [1.54, 1.807) is 10.9 Å². The summed E-state index contributed by atoms with van der Waals surface area (Å²) in [5, 5.41) is 14.3. The highest BCUT2D eigenvalue weighted by Crippen LogP contribution is 2.39. The maximum absolute atomic E-state index is 11.4. The van der Waals surface area contributed by atoms with Gasteiger partial charge in [0, 0.05) is 36.2 Å². The number of H-pyrrole nitrogens is 1. The minimum Gasteiger partial charge on any atom is -0.346 e. The van der Waals surface area contributed by atoms with E-state index in [1.165, 1.54) is 6.33 Å². The van der Waals surface area contributed by atoms with Crippen LogP contribution < -0.4 is 0 Å². The van der Waals surface area contributed by atoms with Crippen LogP contribution in [0.3, 0.4) is 0 Å². The van der Waals surface area contributed by atoms with Crippen LogP contribution in [0, 0.1) is 11.3 Å². The van der Waals surface area contributed by atoms with E-state index in [2.05, 4.69) is 26.1 Å². The molecule has 1 saturated carbocycles. The van der Waals surface area contributed by atoms with Crippen molar-refractivity contribution in [3.63, 3.8) is 0 Å². The fourth-order valence-electron chi connectivity index (χ4n) is 3.00. The van der Waals surface area contributed by atoms with Crippen molar-refractivity contribution in [2.24, 2.45) is 0 Å². The standard InChI is InChI=1S/C15H12N6O/c16-3-2-15(5-11(22)6-15)21-8-10(7-20-21)13-12-1-4-17-14(12)19-9-18-13/h1,4,7-9H,2,5-6H2,(H,17,18,19). The first kappa shape index (κ1) is 12.7. The molecule has 1 fully saturated rings. The zero-order valence-electron chi connectivity index (χ0n) is 11.7. The number of Topliss-reactive ketones (excluding diaryl/α,β-unsaturated/α-hetero) is 1. The first-order valence-electron chi connectivity index (χ1n) is 6.94. The van der Waals surface area contributed by atoms with Crippen LogP contribution in [0.25, 0.3) is 22.3 Å². The van der Waals surface area contributed by atoms with Crippen LogP contribution in [0.2, 0.25) is 0 Å². The molecule has 0 amide bonds. The second-order valence-corrected chi connectivity index (χ2v) is 5.59. The number of aromatic nitrogens is 5. The SMILES string of the molecule is N#CCC1(n2cc(-c3ncnc4[nH]ccc34)cn2)CC(=O)C1. The Labute approximate surface area is 125 Å². The molecule has 1 N–H and O–H groups in total. The molecule has 0 bridgehead atoms. The lowest BCUT2D eigenvalue weighted by atomic mass is 9.74. The lowest BCUT2D eigenvalue weighted by Crippen LogP contribution is -2.46. The predicted octanol–water partition coefficient (Wildman–Crippen LogP) is 1.79. The van der Waals surface area contributed by atoms with Gasteiger partial charge in [0.15, 0.2) is 0 Å². The fourth-order valence-corrected chi connectivity index (χ4v) is 3.00. The van der Waals surface area contributed by atoms with Gasteiger partial charge in [0.2, 0.25) is 0 Å². The number of rotatable bonds is 3. The Kier molecular flexibility index (Phi) is 2.60. The molecule has 0 saturated heterocycles. The number of carbonyl (C=O) groups excluding carboxylic acids is 1. The highest BCUT2D eigenvalue weighted by atomic mass is 16.1. The molecule has 3 heterocycles. The van der Waals surface area contributed by atoms with Crippen LogP contribution in [0.1, 0.15) is 19.3 Å². The third-order valence-electron chi connectivity index (χ3n) is 4.16. The Morgan fingerprint density at radius 3 is 3.05 bits per heavy atom. The maximum atomic E-state index is 11.4. The molecule has 22 heavy (non-hydrogen) atoms. The Morgan fingerprint density at radius 1 is 1.41 bits per heavy atom. The van der Waals surface area contributed by atoms with Gasteiger partial charge in [-0.15, -0.1) is 0 Å². The number of aromatic amines is 1. The molecular weight excluding hydrogens is 280 g/mol. The predicted molar refractivity (Wildman–Crippen MR) is 77.6 cm³/mol. The summed E-state index contributed by atoms with van der Waals surface area (Å²) >= 11 is 0. The molecule has 1 aliphatic rings. The zero-order valence-corrected chi connectivity index (χ0v) is 11.7. The molecular formula is C15H12N6O. The minimum absolute atomic E-state index is 0.169. The summed E-state index contributed by atoms with van der Waals surface area (Å²) in [6.07, 6.45) is 7.91. The van der Waals surface area contributed by atoms with Gasteiger partial charge in [-0.1, -0.05) is 0 Å². The lowest BCUT2D eigenvalue weighted by molar-refractivity contribution is -0.131. The Balaban J connectivity index is 1.77. The Bertz CT molecular complexity index is 907. The second-order valence-electron chi connectivity index (χ2n) is 5.59. The van der Waals surface area contributed by atoms with E-state index >= 15 is 0 Å². The average Bonchev–Trinajstić information content (AvgIpc) is 3.14. The average molecular weight is 292 g/mol. The van der Waals surface area contributed by atoms with Crippen LogP contribution in [0.4, 0.5) is 0 Å². The first-order chi connectivity index (χ1) is 10.7. The smallest absolute Gasteiger partial charge is 0.141 e. The van der Waals surface area contributed by atoms with Crippen LogP contribution in [-0.2, 0) is 10.3 Å². The molecule has 3 aromatic rings. The number of nitrogens with one attached hydrogen (secondary N) is 1. The monoisotopic (exact) mass is 292 g/mol. The van der Waals surface area contributed by atoms with Crippen molar-refractivity contribution < 1.29 is 4.79 Å². The van der Waals surface area contributed by atoms with Crippen molar-refractivity contribution in [3.8, 4) is 17.3 Å². The third-order valence-corrected chi connectivity index (χ3v) is 4.16. The molecule has 0 radical (unpaired) electrons. The summed E-state index contributed by atoms with van der Waals surface area (Å²) in [5.74, 6) is 0.169. The molecule has 7 heteroatoms. The van der Waals surface area contributed by atoms with Crippen LogP contribution >= 0.6 is 0 Å². The third kappa shape index (κ3) is 1.74. The van der Waals surface area contributed by atoms with Gasteiger partial charge >= 0.3 is 0 Å². The van der Waals surface area contributed by atoms with Crippen molar-refractivity contribution in [2.45, 2.75) is 24.8 Å². The van der Waals surface area contributed by atoms with Gasteiger partial charge in [-0.3, -0.25) is 9.48 Å². The molecule has 0 spiro atoms. The molecule has 0 aliphatic heterocycles. The summed E-state index contributed by atoms with van der Waals surface area (Å²) in [4.78, 5) is 23.0. The van der Waals surface area contributed by atoms with E-state index in [-0.39, 0.29) is 12.2 Å². The molecule has 0 aromatic carbocycles. The molecule has 7 nitrogen and oxygen atoms in total. The van der Waals surface area contributed by atoms with Gasteiger partial charge in [0.25, 0.3) is 0 Å². The number of hydrogen-bond acceptors (Lipinski definition) is 5. The van der Waals surface area contributed by atoms with Gasteiger partial charge < -0.3 is 4.98 Å². The largest absolute Gasteiger partial charge is 0.346 e. The van der Waals surface area contributed by atoms with Crippen LogP contribution in [0.5, 0.6) is 0 Å². The van der Waals surface area contributed by atoms with Gasteiger partial charge in [-0.25, -0.2) is 9.97 Å². The lowest BCUT2D eigenvalue weighted by Gasteiger charge is -2.38. The number of ketones is 1. The summed E-state index contributed by atoms with van der Waals surface area (Å²) in [7, 11) is 0. The second kappa shape index (κ2) is 4.49.